The summed E-state index contributed by atoms with van der Waals surface area (Å²) in [4.78, 5) is 11.8. The van der Waals surface area contributed by atoms with Crippen LogP contribution in [0.15, 0.2) is 36.4 Å². The molecule has 2 rings (SSSR count). The fourth-order valence-electron chi connectivity index (χ4n) is 2.74. The van der Waals surface area contributed by atoms with E-state index in [-0.39, 0.29) is 11.7 Å². The highest BCUT2D eigenvalue weighted by Gasteiger charge is 2.16. The first kappa shape index (κ1) is 20.2. The maximum atomic E-state index is 11.8. The second-order valence-corrected chi connectivity index (χ2v) is 6.08. The van der Waals surface area contributed by atoms with Gasteiger partial charge in [0.1, 0.15) is 6.61 Å². The van der Waals surface area contributed by atoms with Crippen LogP contribution in [0.2, 0.25) is 0 Å². The van der Waals surface area contributed by atoms with Crippen molar-refractivity contribution in [1.29, 1.82) is 0 Å². The molecule has 0 saturated carbocycles. The minimum Gasteiger partial charge on any atom is -0.493 e. The van der Waals surface area contributed by atoms with Gasteiger partial charge in [-0.05, 0) is 43.0 Å². The van der Waals surface area contributed by atoms with Crippen molar-refractivity contribution in [2.45, 2.75) is 19.3 Å². The van der Waals surface area contributed by atoms with Crippen LogP contribution in [-0.4, -0.2) is 46.4 Å². The number of hydrogen-bond donors (Lipinski definition) is 0. The summed E-state index contributed by atoms with van der Waals surface area (Å²) in [6.45, 7) is 2.08. The summed E-state index contributed by atoms with van der Waals surface area (Å²) in [5, 5.41) is 0. The number of benzene rings is 1. The molecule has 0 bridgehead atoms. The summed E-state index contributed by atoms with van der Waals surface area (Å²) in [7, 11) is 3.27. The molecule has 0 N–H and O–H groups in total. The van der Waals surface area contributed by atoms with E-state index >= 15 is 0 Å². The third-order valence-electron chi connectivity index (χ3n) is 4.20. The van der Waals surface area contributed by atoms with Gasteiger partial charge >= 0.3 is 0 Å². The number of carbonyl (C=O) groups is 1. The van der Waals surface area contributed by atoms with Gasteiger partial charge in [0.05, 0.1) is 26.9 Å². The normalized spacial score (nSPS) is 17.0. The minimum absolute atomic E-state index is 0.110. The molecule has 5 nitrogen and oxygen atoms in total. The number of rotatable bonds is 11. The lowest BCUT2D eigenvalue weighted by molar-refractivity contribution is -0.118. The topological polar surface area (TPSA) is 54.0 Å². The Morgan fingerprint density at radius 1 is 1.12 bits per heavy atom. The first-order valence-electron chi connectivity index (χ1n) is 8.99. The van der Waals surface area contributed by atoms with Crippen LogP contribution in [-0.2, 0) is 14.3 Å². The zero-order valence-electron chi connectivity index (χ0n) is 15.6. The molecule has 142 valence electrons. The van der Waals surface area contributed by atoms with Crippen LogP contribution in [0.1, 0.15) is 24.8 Å². The summed E-state index contributed by atoms with van der Waals surface area (Å²) in [5.41, 5.74) is 1.02. The molecule has 0 amide bonds. The number of allylic oxidation sites excluding steroid dienone is 3. The van der Waals surface area contributed by atoms with Gasteiger partial charge in [-0.3, -0.25) is 4.79 Å². The van der Waals surface area contributed by atoms with Crippen LogP contribution in [0.5, 0.6) is 11.5 Å². The molecule has 0 fully saturated rings. The number of methoxy groups -OCH3 is 2. The van der Waals surface area contributed by atoms with Crippen molar-refractivity contribution in [3.8, 4) is 11.5 Å². The Balaban J connectivity index is 1.83. The Labute approximate surface area is 155 Å². The number of hydrogen-bond acceptors (Lipinski definition) is 5. The zero-order valence-corrected chi connectivity index (χ0v) is 15.6. The van der Waals surface area contributed by atoms with Crippen molar-refractivity contribution < 1.29 is 23.7 Å². The van der Waals surface area contributed by atoms with Crippen molar-refractivity contribution in [2.75, 3.05) is 40.6 Å². The minimum atomic E-state index is 0.110. The molecule has 0 spiro atoms. The molecule has 0 aliphatic heterocycles. The molecule has 0 aromatic heterocycles. The van der Waals surface area contributed by atoms with E-state index in [1.54, 1.807) is 20.3 Å². The van der Waals surface area contributed by atoms with Crippen LogP contribution in [0.3, 0.4) is 0 Å². The molecule has 1 aromatic rings. The van der Waals surface area contributed by atoms with E-state index in [4.69, 9.17) is 18.9 Å². The predicted molar refractivity (Wildman–Crippen MR) is 102 cm³/mol. The summed E-state index contributed by atoms with van der Waals surface area (Å²) < 4.78 is 21.4. The van der Waals surface area contributed by atoms with Gasteiger partial charge in [0.25, 0.3) is 0 Å². The molecule has 26 heavy (non-hydrogen) atoms. The quantitative estimate of drug-likeness (QED) is 0.564. The fraction of sp³-hybridized carbons (Fsp3) is 0.476. The van der Waals surface area contributed by atoms with Gasteiger partial charge in [-0.15, -0.1) is 0 Å². The van der Waals surface area contributed by atoms with E-state index < -0.39 is 0 Å². The average Bonchev–Trinajstić information content (AvgIpc) is 2.66. The van der Waals surface area contributed by atoms with E-state index in [2.05, 4.69) is 6.08 Å². The molecule has 5 heteroatoms. The second kappa shape index (κ2) is 11.5. The van der Waals surface area contributed by atoms with Gasteiger partial charge in [-0.2, -0.15) is 0 Å². The summed E-state index contributed by atoms with van der Waals surface area (Å²) in [6, 6.07) is 5.80. The molecule has 1 atom stereocenters. The Hall–Kier alpha value is -2.11. The monoisotopic (exact) mass is 360 g/mol. The molecule has 1 aromatic carbocycles. The molecule has 1 aliphatic carbocycles. The van der Waals surface area contributed by atoms with E-state index in [1.165, 1.54) is 0 Å². The maximum absolute atomic E-state index is 11.8. The van der Waals surface area contributed by atoms with E-state index in [0.717, 1.165) is 24.8 Å². The van der Waals surface area contributed by atoms with Crippen molar-refractivity contribution in [2.24, 2.45) is 5.92 Å². The largest absolute Gasteiger partial charge is 0.493 e. The first-order valence-corrected chi connectivity index (χ1v) is 8.99. The Bertz CT molecular complexity index is 621. The zero-order chi connectivity index (χ0) is 18.6. The lowest BCUT2D eigenvalue weighted by Gasteiger charge is -2.14. The van der Waals surface area contributed by atoms with Crippen LogP contribution >= 0.6 is 0 Å². The highest BCUT2D eigenvalue weighted by Crippen LogP contribution is 2.29. The van der Waals surface area contributed by atoms with Crippen molar-refractivity contribution in [1.82, 2.24) is 0 Å². The van der Waals surface area contributed by atoms with Crippen LogP contribution < -0.4 is 9.47 Å². The van der Waals surface area contributed by atoms with Crippen molar-refractivity contribution in [3.05, 3.63) is 42.0 Å². The van der Waals surface area contributed by atoms with E-state index in [9.17, 15) is 4.79 Å². The SMILES string of the molecule is COCCOCCOc1ccc(C=CCC2CCC=CC2=O)cc1OC. The van der Waals surface area contributed by atoms with Gasteiger partial charge in [-0.1, -0.05) is 24.3 Å². The molecule has 0 radical (unpaired) electrons. The third-order valence-corrected chi connectivity index (χ3v) is 4.20. The van der Waals surface area contributed by atoms with Crippen LogP contribution in [0.4, 0.5) is 0 Å². The summed E-state index contributed by atoms with van der Waals surface area (Å²) in [6.07, 6.45) is 10.4. The Morgan fingerprint density at radius 2 is 1.96 bits per heavy atom. The molecular weight excluding hydrogens is 332 g/mol. The summed E-state index contributed by atoms with van der Waals surface area (Å²) >= 11 is 0. The molecular formula is C21H28O5. The van der Waals surface area contributed by atoms with Crippen LogP contribution in [0, 0.1) is 5.92 Å². The van der Waals surface area contributed by atoms with Gasteiger partial charge in [0, 0.05) is 13.0 Å². The van der Waals surface area contributed by atoms with E-state index in [1.807, 2.05) is 30.4 Å². The van der Waals surface area contributed by atoms with Gasteiger partial charge < -0.3 is 18.9 Å². The number of ketones is 1. The van der Waals surface area contributed by atoms with E-state index in [0.29, 0.717) is 37.9 Å². The lowest BCUT2D eigenvalue weighted by Crippen LogP contribution is -2.13. The standard InChI is InChI=1S/C21H28O5/c1-23-12-13-25-14-15-26-20-11-10-17(16-21(20)24-2)6-5-8-18-7-3-4-9-19(18)22/h4-6,9-11,16,18H,3,7-8,12-15H2,1-2H3. The Morgan fingerprint density at radius 3 is 2.73 bits per heavy atom. The summed E-state index contributed by atoms with van der Waals surface area (Å²) in [5.74, 6) is 1.71. The number of carbonyl (C=O) groups excluding carboxylic acids is 1. The lowest BCUT2D eigenvalue weighted by atomic mass is 9.90. The maximum Gasteiger partial charge on any atom is 0.161 e. The molecule has 1 aliphatic rings. The van der Waals surface area contributed by atoms with Crippen molar-refractivity contribution >= 4 is 11.9 Å². The highest BCUT2D eigenvalue weighted by atomic mass is 16.5. The van der Waals surface area contributed by atoms with Gasteiger partial charge in [-0.25, -0.2) is 0 Å². The van der Waals surface area contributed by atoms with Crippen LogP contribution in [0.25, 0.3) is 6.08 Å². The third kappa shape index (κ3) is 6.65. The second-order valence-electron chi connectivity index (χ2n) is 6.08. The number of ether oxygens (including phenoxy) is 4. The first-order chi connectivity index (χ1) is 12.7. The highest BCUT2D eigenvalue weighted by molar-refractivity contribution is 5.92. The Kier molecular flexibility index (Phi) is 8.93. The predicted octanol–water partition coefficient (Wildman–Crippen LogP) is 3.68. The molecule has 0 saturated heterocycles. The van der Waals surface area contributed by atoms with Gasteiger partial charge in [0.15, 0.2) is 17.3 Å². The average molecular weight is 360 g/mol. The van der Waals surface area contributed by atoms with Crippen molar-refractivity contribution in [3.63, 3.8) is 0 Å². The fourth-order valence-corrected chi connectivity index (χ4v) is 2.74. The molecule has 1 unspecified atom stereocenters. The van der Waals surface area contributed by atoms with Gasteiger partial charge in [0.2, 0.25) is 0 Å². The smallest absolute Gasteiger partial charge is 0.161 e. The molecule has 0 heterocycles.